The number of carbonyl (C=O) groups excluding carboxylic acids is 2. The number of hydrogen-bond acceptors (Lipinski definition) is 4. The monoisotopic (exact) mass is 460 g/mol. The van der Waals surface area contributed by atoms with Crippen LogP contribution < -0.4 is 14.8 Å². The summed E-state index contributed by atoms with van der Waals surface area (Å²) in [6.07, 6.45) is 1.83. The molecule has 3 rings (SSSR count). The van der Waals surface area contributed by atoms with Crippen molar-refractivity contribution in [3.05, 3.63) is 90.0 Å². The maximum Gasteiger partial charge on any atom is 0.259 e. The fraction of sp³-hybridized carbons (Fsp3) is 0.286. The van der Waals surface area contributed by atoms with E-state index in [-0.39, 0.29) is 11.8 Å². The number of nitrogens with zero attached hydrogens (tertiary/aromatic N) is 1. The van der Waals surface area contributed by atoms with Crippen molar-refractivity contribution >= 4 is 17.5 Å². The molecule has 3 aromatic carbocycles. The zero-order valence-corrected chi connectivity index (χ0v) is 19.8. The average Bonchev–Trinajstić information content (AvgIpc) is 2.87. The maximum absolute atomic E-state index is 12.9. The first-order chi connectivity index (χ1) is 16.6. The Morgan fingerprint density at radius 1 is 0.765 bits per heavy atom. The molecule has 0 aliphatic carbocycles. The quantitative estimate of drug-likeness (QED) is 0.354. The molecule has 2 amide bonds. The summed E-state index contributed by atoms with van der Waals surface area (Å²) in [5.41, 5.74) is 1.66. The highest BCUT2D eigenvalue weighted by molar-refractivity contribution is 6.06. The van der Waals surface area contributed by atoms with E-state index >= 15 is 0 Å². The van der Waals surface area contributed by atoms with E-state index in [1.807, 2.05) is 41.3 Å². The van der Waals surface area contributed by atoms with Gasteiger partial charge in [0.15, 0.2) is 0 Å². The van der Waals surface area contributed by atoms with Gasteiger partial charge < -0.3 is 19.7 Å². The van der Waals surface area contributed by atoms with Gasteiger partial charge in [-0.05, 0) is 61.4 Å². The second-order valence-corrected chi connectivity index (χ2v) is 7.83. The van der Waals surface area contributed by atoms with Crippen molar-refractivity contribution < 1.29 is 19.1 Å². The molecule has 0 unspecified atom stereocenters. The zero-order valence-electron chi connectivity index (χ0n) is 19.8. The minimum absolute atomic E-state index is 0.0121. The van der Waals surface area contributed by atoms with Crippen molar-refractivity contribution in [2.75, 3.05) is 31.6 Å². The molecular weight excluding hydrogens is 428 g/mol. The molecule has 0 heterocycles. The summed E-state index contributed by atoms with van der Waals surface area (Å²) < 4.78 is 11.4. The van der Waals surface area contributed by atoms with Crippen LogP contribution in [0, 0.1) is 0 Å². The van der Waals surface area contributed by atoms with E-state index < -0.39 is 0 Å². The van der Waals surface area contributed by atoms with Crippen LogP contribution in [0.2, 0.25) is 0 Å². The van der Waals surface area contributed by atoms with E-state index in [4.69, 9.17) is 9.47 Å². The van der Waals surface area contributed by atoms with Gasteiger partial charge in [-0.1, -0.05) is 44.2 Å². The lowest BCUT2D eigenvalue weighted by atomic mass is 10.1. The first-order valence-electron chi connectivity index (χ1n) is 11.7. The van der Waals surface area contributed by atoms with Crippen LogP contribution in [0.1, 0.15) is 47.4 Å². The van der Waals surface area contributed by atoms with Crippen molar-refractivity contribution in [2.45, 2.75) is 26.7 Å². The van der Waals surface area contributed by atoms with E-state index in [1.54, 1.807) is 42.5 Å². The third kappa shape index (κ3) is 7.10. The lowest BCUT2D eigenvalue weighted by Gasteiger charge is -2.21. The predicted molar refractivity (Wildman–Crippen MR) is 135 cm³/mol. The molecule has 0 aliphatic rings. The van der Waals surface area contributed by atoms with Crippen molar-refractivity contribution in [1.29, 1.82) is 0 Å². The summed E-state index contributed by atoms with van der Waals surface area (Å²) in [6, 6.07) is 23.6. The number of rotatable bonds is 12. The van der Waals surface area contributed by atoms with E-state index in [1.165, 1.54) is 0 Å². The van der Waals surface area contributed by atoms with Gasteiger partial charge in [0.1, 0.15) is 24.7 Å². The highest BCUT2D eigenvalue weighted by atomic mass is 16.5. The van der Waals surface area contributed by atoms with Crippen molar-refractivity contribution in [3.63, 3.8) is 0 Å². The molecule has 34 heavy (non-hydrogen) atoms. The molecule has 0 spiro atoms. The Hall–Kier alpha value is -3.80. The summed E-state index contributed by atoms with van der Waals surface area (Å²) in [7, 11) is 0. The van der Waals surface area contributed by atoms with Crippen LogP contribution in [-0.4, -0.2) is 43.0 Å². The summed E-state index contributed by atoms with van der Waals surface area (Å²) in [5, 5.41) is 2.89. The molecule has 0 fully saturated rings. The number of carbonyl (C=O) groups is 2. The molecule has 0 radical (unpaired) electrons. The number of para-hydroxylation sites is 2. The fourth-order valence-electron chi connectivity index (χ4n) is 3.54. The van der Waals surface area contributed by atoms with Crippen molar-refractivity contribution in [2.24, 2.45) is 0 Å². The first kappa shape index (κ1) is 24.8. The van der Waals surface area contributed by atoms with Gasteiger partial charge in [-0.25, -0.2) is 0 Å². The smallest absolute Gasteiger partial charge is 0.259 e. The predicted octanol–water partition coefficient (Wildman–Crippen LogP) is 5.66. The molecule has 0 aliphatic heterocycles. The van der Waals surface area contributed by atoms with Gasteiger partial charge in [0, 0.05) is 24.3 Å². The fourth-order valence-corrected chi connectivity index (χ4v) is 3.54. The lowest BCUT2D eigenvalue weighted by Crippen LogP contribution is -2.32. The SMILES string of the molecule is CCCN(CCC)C(=O)c1ccc(NC(=O)c2ccccc2OCCOc2ccccc2)cc1. The Bertz CT molecular complexity index is 1050. The molecule has 0 aromatic heterocycles. The number of amides is 2. The number of anilines is 1. The second kappa shape index (κ2) is 13.0. The first-order valence-corrected chi connectivity index (χ1v) is 11.7. The molecule has 0 saturated heterocycles. The number of ether oxygens (including phenoxy) is 2. The topological polar surface area (TPSA) is 67.9 Å². The molecule has 1 N–H and O–H groups in total. The van der Waals surface area contributed by atoms with Gasteiger partial charge in [0.25, 0.3) is 11.8 Å². The highest BCUT2D eigenvalue weighted by Crippen LogP contribution is 2.20. The van der Waals surface area contributed by atoms with Gasteiger partial charge in [0.2, 0.25) is 0 Å². The number of hydrogen-bond donors (Lipinski definition) is 1. The minimum atomic E-state index is -0.280. The van der Waals surface area contributed by atoms with E-state index in [0.717, 1.165) is 31.7 Å². The molecule has 0 atom stereocenters. The molecule has 3 aromatic rings. The minimum Gasteiger partial charge on any atom is -0.490 e. The standard InChI is InChI=1S/C28H32N2O4/c1-3-18-30(19-4-2)28(32)22-14-16-23(17-15-22)29-27(31)25-12-8-9-13-26(25)34-21-20-33-24-10-6-5-7-11-24/h5-17H,3-4,18-21H2,1-2H3,(H,29,31). The third-order valence-corrected chi connectivity index (χ3v) is 5.15. The van der Waals surface area contributed by atoms with Gasteiger partial charge in [-0.3, -0.25) is 9.59 Å². The summed E-state index contributed by atoms with van der Waals surface area (Å²) in [6.45, 7) is 6.26. The number of nitrogens with one attached hydrogen (secondary N) is 1. The van der Waals surface area contributed by atoms with Crippen molar-refractivity contribution in [1.82, 2.24) is 4.90 Å². The Labute approximate surface area is 201 Å². The van der Waals surface area contributed by atoms with E-state index in [2.05, 4.69) is 19.2 Å². The molecule has 178 valence electrons. The molecular formula is C28H32N2O4. The van der Waals surface area contributed by atoms with Gasteiger partial charge in [-0.2, -0.15) is 0 Å². The lowest BCUT2D eigenvalue weighted by molar-refractivity contribution is 0.0755. The normalized spacial score (nSPS) is 10.4. The van der Waals surface area contributed by atoms with Crippen LogP contribution in [0.3, 0.4) is 0 Å². The van der Waals surface area contributed by atoms with E-state index in [0.29, 0.717) is 35.8 Å². The van der Waals surface area contributed by atoms with Crippen LogP contribution in [0.25, 0.3) is 0 Å². The molecule has 0 saturated carbocycles. The number of benzene rings is 3. The molecule has 0 bridgehead atoms. The Morgan fingerprint density at radius 2 is 1.38 bits per heavy atom. The van der Waals surface area contributed by atoms with Crippen LogP contribution in [0.4, 0.5) is 5.69 Å². The summed E-state index contributed by atoms with van der Waals surface area (Å²) in [5.74, 6) is 0.986. The van der Waals surface area contributed by atoms with Crippen molar-refractivity contribution in [3.8, 4) is 11.5 Å². The zero-order chi connectivity index (χ0) is 24.2. The van der Waals surface area contributed by atoms with Crippen LogP contribution in [-0.2, 0) is 0 Å². The summed E-state index contributed by atoms with van der Waals surface area (Å²) >= 11 is 0. The molecule has 6 nitrogen and oxygen atoms in total. The average molecular weight is 461 g/mol. The largest absolute Gasteiger partial charge is 0.490 e. The van der Waals surface area contributed by atoms with E-state index in [9.17, 15) is 9.59 Å². The Balaban J connectivity index is 1.58. The van der Waals surface area contributed by atoms with Gasteiger partial charge in [0.05, 0.1) is 5.56 Å². The second-order valence-electron chi connectivity index (χ2n) is 7.83. The Morgan fingerprint density at radius 3 is 2.06 bits per heavy atom. The Kier molecular flexibility index (Phi) is 9.52. The van der Waals surface area contributed by atoms with Gasteiger partial charge >= 0.3 is 0 Å². The van der Waals surface area contributed by atoms with Crippen LogP contribution in [0.15, 0.2) is 78.9 Å². The summed E-state index contributed by atoms with van der Waals surface area (Å²) in [4.78, 5) is 27.5. The molecule has 6 heteroatoms. The maximum atomic E-state index is 12.9. The highest BCUT2D eigenvalue weighted by Gasteiger charge is 2.16. The third-order valence-electron chi connectivity index (χ3n) is 5.15. The van der Waals surface area contributed by atoms with Gasteiger partial charge in [-0.15, -0.1) is 0 Å². The van der Waals surface area contributed by atoms with Crippen LogP contribution >= 0.6 is 0 Å². The van der Waals surface area contributed by atoms with Crippen LogP contribution in [0.5, 0.6) is 11.5 Å².